The van der Waals surface area contributed by atoms with Gasteiger partial charge in [-0.25, -0.2) is 12.8 Å². The molecular formula is C22H22FN3O5S. The molecule has 0 aliphatic rings. The smallest absolute Gasteiger partial charge is 0.244 e. The first-order chi connectivity index (χ1) is 15.3. The third kappa shape index (κ3) is 6.50. The molecule has 10 heteroatoms. The lowest BCUT2D eigenvalue weighted by Gasteiger charge is -2.19. The Morgan fingerprint density at radius 1 is 0.938 bits per heavy atom. The second-order valence-electron chi connectivity index (χ2n) is 6.87. The van der Waals surface area contributed by atoms with Crippen molar-refractivity contribution in [2.75, 3.05) is 6.54 Å². The quantitative estimate of drug-likeness (QED) is 0.427. The average Bonchev–Trinajstić information content (AvgIpc) is 3.30. The van der Waals surface area contributed by atoms with Crippen LogP contribution in [0.15, 0.2) is 82.3 Å². The summed E-state index contributed by atoms with van der Waals surface area (Å²) in [7, 11) is -4.33. The van der Waals surface area contributed by atoms with E-state index in [-0.39, 0.29) is 19.5 Å². The van der Waals surface area contributed by atoms with E-state index in [1.807, 2.05) is 0 Å². The van der Waals surface area contributed by atoms with Crippen molar-refractivity contribution in [2.45, 2.75) is 23.9 Å². The summed E-state index contributed by atoms with van der Waals surface area (Å²) in [5.41, 5.74) is 0.686. The highest BCUT2D eigenvalue weighted by atomic mass is 32.2. The van der Waals surface area contributed by atoms with Gasteiger partial charge in [-0.15, -0.1) is 0 Å². The number of nitrogens with one attached hydrogen (secondary N) is 3. The Balaban J connectivity index is 1.68. The lowest BCUT2D eigenvalue weighted by atomic mass is 10.1. The number of rotatable bonds is 10. The van der Waals surface area contributed by atoms with Crippen molar-refractivity contribution in [1.82, 2.24) is 15.4 Å². The monoisotopic (exact) mass is 459 g/mol. The van der Waals surface area contributed by atoms with Gasteiger partial charge in [-0.05, 0) is 36.2 Å². The normalized spacial score (nSPS) is 12.2. The van der Waals surface area contributed by atoms with Crippen LogP contribution in [0.1, 0.15) is 11.3 Å². The maximum Gasteiger partial charge on any atom is 0.244 e. The highest BCUT2D eigenvalue weighted by molar-refractivity contribution is 7.89. The molecule has 168 valence electrons. The Hall–Kier alpha value is -3.50. The number of benzene rings is 2. The van der Waals surface area contributed by atoms with Gasteiger partial charge in [0.05, 0.1) is 19.4 Å². The molecule has 0 spiro atoms. The molecule has 0 fully saturated rings. The Morgan fingerprint density at radius 3 is 2.34 bits per heavy atom. The van der Waals surface area contributed by atoms with E-state index in [1.165, 1.54) is 18.4 Å². The lowest BCUT2D eigenvalue weighted by molar-refractivity contribution is -0.127. The van der Waals surface area contributed by atoms with Gasteiger partial charge in [0.15, 0.2) is 0 Å². The number of hydrogen-bond donors (Lipinski definition) is 3. The first kappa shape index (κ1) is 23.2. The van der Waals surface area contributed by atoms with E-state index in [0.29, 0.717) is 11.3 Å². The van der Waals surface area contributed by atoms with E-state index < -0.39 is 38.6 Å². The van der Waals surface area contributed by atoms with Gasteiger partial charge in [-0.2, -0.15) is 4.72 Å². The first-order valence-electron chi connectivity index (χ1n) is 9.73. The van der Waals surface area contributed by atoms with Crippen molar-refractivity contribution < 1.29 is 26.8 Å². The fraction of sp³-hybridized carbons (Fsp3) is 0.182. The summed E-state index contributed by atoms with van der Waals surface area (Å²) in [5, 5.41) is 4.99. The predicted molar refractivity (Wildman–Crippen MR) is 114 cm³/mol. The standard InChI is InChI=1S/C22H22FN3O5S/c23-18-10-4-5-11-20(18)32(29,30)26-19(13-16-7-2-1-3-8-16)22(28)25-15-21(27)24-14-17-9-6-12-31-17/h1-12,19,26H,13-15H2,(H,24,27)(H,25,28). The Labute approximate surface area is 184 Å². The Morgan fingerprint density at radius 2 is 1.66 bits per heavy atom. The summed E-state index contributed by atoms with van der Waals surface area (Å²) in [6.07, 6.45) is 1.48. The molecule has 0 aliphatic carbocycles. The van der Waals surface area contributed by atoms with Gasteiger partial charge >= 0.3 is 0 Å². The topological polar surface area (TPSA) is 118 Å². The molecule has 32 heavy (non-hydrogen) atoms. The number of hydrogen-bond acceptors (Lipinski definition) is 5. The molecule has 2 aromatic carbocycles. The molecule has 0 radical (unpaired) electrons. The van der Waals surface area contributed by atoms with Gasteiger partial charge in [0.2, 0.25) is 21.8 Å². The van der Waals surface area contributed by atoms with E-state index in [4.69, 9.17) is 4.42 Å². The molecule has 1 atom stereocenters. The molecule has 3 aromatic rings. The Bertz CT molecular complexity index is 1150. The fourth-order valence-corrected chi connectivity index (χ4v) is 4.18. The Kier molecular flexibility index (Phi) is 7.74. The van der Waals surface area contributed by atoms with Gasteiger partial charge in [-0.3, -0.25) is 9.59 Å². The zero-order chi connectivity index (χ0) is 23.0. The molecule has 0 bridgehead atoms. The minimum absolute atomic E-state index is 0.00830. The number of amides is 2. The second-order valence-corrected chi connectivity index (χ2v) is 8.55. The van der Waals surface area contributed by atoms with E-state index in [1.54, 1.807) is 42.5 Å². The molecule has 0 saturated carbocycles. The van der Waals surface area contributed by atoms with E-state index >= 15 is 0 Å². The van der Waals surface area contributed by atoms with Gasteiger partial charge in [0.1, 0.15) is 22.5 Å². The summed E-state index contributed by atoms with van der Waals surface area (Å²) in [5.74, 6) is -1.59. The highest BCUT2D eigenvalue weighted by Crippen LogP contribution is 2.15. The fourth-order valence-electron chi connectivity index (χ4n) is 2.90. The van der Waals surface area contributed by atoms with Crippen molar-refractivity contribution >= 4 is 21.8 Å². The van der Waals surface area contributed by atoms with Crippen molar-refractivity contribution in [3.05, 3.63) is 90.1 Å². The summed E-state index contributed by atoms with van der Waals surface area (Å²) in [6.45, 7) is -0.221. The predicted octanol–water partition coefficient (Wildman–Crippen LogP) is 1.74. The molecule has 1 unspecified atom stereocenters. The molecule has 0 saturated heterocycles. The SMILES string of the molecule is O=C(CNC(=O)C(Cc1ccccc1)NS(=O)(=O)c1ccccc1F)NCc1ccco1. The highest BCUT2D eigenvalue weighted by Gasteiger charge is 2.28. The zero-order valence-electron chi connectivity index (χ0n) is 17.0. The van der Waals surface area contributed by atoms with Crippen LogP contribution in [0.3, 0.4) is 0 Å². The van der Waals surface area contributed by atoms with Crippen LogP contribution in [0.4, 0.5) is 4.39 Å². The van der Waals surface area contributed by atoms with Crippen LogP contribution >= 0.6 is 0 Å². The molecule has 1 heterocycles. The van der Waals surface area contributed by atoms with Gasteiger partial charge in [-0.1, -0.05) is 42.5 Å². The van der Waals surface area contributed by atoms with Crippen molar-refractivity contribution in [2.24, 2.45) is 0 Å². The number of carbonyl (C=O) groups excluding carboxylic acids is 2. The first-order valence-corrected chi connectivity index (χ1v) is 11.2. The van der Waals surface area contributed by atoms with Crippen LogP contribution in [-0.4, -0.2) is 32.8 Å². The maximum atomic E-state index is 14.0. The number of furan rings is 1. The van der Waals surface area contributed by atoms with Crippen molar-refractivity contribution in [3.8, 4) is 0 Å². The van der Waals surface area contributed by atoms with Crippen molar-refractivity contribution in [3.63, 3.8) is 0 Å². The van der Waals surface area contributed by atoms with Gasteiger partial charge in [0, 0.05) is 0 Å². The summed E-state index contributed by atoms with van der Waals surface area (Å²) in [4.78, 5) is 24.2. The second kappa shape index (κ2) is 10.7. The molecule has 3 N–H and O–H groups in total. The lowest BCUT2D eigenvalue weighted by Crippen LogP contribution is -2.50. The van der Waals surface area contributed by atoms with Crippen LogP contribution < -0.4 is 15.4 Å². The third-order valence-corrected chi connectivity index (χ3v) is 5.99. The number of sulfonamides is 1. The third-order valence-electron chi connectivity index (χ3n) is 4.49. The molecule has 0 aliphatic heterocycles. The molecule has 8 nitrogen and oxygen atoms in total. The summed E-state index contributed by atoms with van der Waals surface area (Å²) < 4.78 is 46.8. The van der Waals surface area contributed by atoms with Crippen LogP contribution in [0.2, 0.25) is 0 Å². The maximum absolute atomic E-state index is 14.0. The molecule has 3 rings (SSSR count). The number of carbonyl (C=O) groups is 2. The average molecular weight is 459 g/mol. The minimum atomic E-state index is -4.33. The summed E-state index contributed by atoms with van der Waals surface area (Å²) in [6, 6.07) is 15.7. The summed E-state index contributed by atoms with van der Waals surface area (Å²) >= 11 is 0. The van der Waals surface area contributed by atoms with Crippen LogP contribution in [-0.2, 0) is 32.6 Å². The van der Waals surface area contributed by atoms with Crippen LogP contribution in [0.25, 0.3) is 0 Å². The zero-order valence-corrected chi connectivity index (χ0v) is 17.8. The molecular weight excluding hydrogens is 437 g/mol. The van der Waals surface area contributed by atoms with Crippen molar-refractivity contribution in [1.29, 1.82) is 0 Å². The molecule has 1 aromatic heterocycles. The van der Waals surface area contributed by atoms with E-state index in [9.17, 15) is 22.4 Å². The number of halogens is 1. The minimum Gasteiger partial charge on any atom is -0.467 e. The van der Waals surface area contributed by atoms with Gasteiger partial charge < -0.3 is 15.1 Å². The molecule has 2 amide bonds. The van der Waals surface area contributed by atoms with Crippen LogP contribution in [0.5, 0.6) is 0 Å². The largest absolute Gasteiger partial charge is 0.467 e. The van der Waals surface area contributed by atoms with Gasteiger partial charge in [0.25, 0.3) is 0 Å². The van der Waals surface area contributed by atoms with Crippen LogP contribution in [0, 0.1) is 5.82 Å². The van der Waals surface area contributed by atoms with E-state index in [2.05, 4.69) is 15.4 Å². The van der Waals surface area contributed by atoms with E-state index in [0.717, 1.165) is 12.1 Å².